The largest absolute Gasteiger partial charge is 0.478 e. The van der Waals surface area contributed by atoms with Gasteiger partial charge in [-0.3, -0.25) is 4.79 Å². The fraction of sp³-hybridized carbons (Fsp3) is 0.125. The first-order valence-corrected chi connectivity index (χ1v) is 7.32. The Bertz CT molecular complexity index is 769. The Morgan fingerprint density at radius 3 is 2.41 bits per heavy atom. The summed E-state index contributed by atoms with van der Waals surface area (Å²) in [5.41, 5.74) is 1.63. The highest BCUT2D eigenvalue weighted by atomic mass is 35.5. The van der Waals surface area contributed by atoms with Gasteiger partial charge in [0.15, 0.2) is 0 Å². The number of amides is 1. The SMILES string of the molecule is O=C(O)c1cccc2c1C(=O)N(Cc1c(Cl)cccc1Cl)C2. The quantitative estimate of drug-likeness (QED) is 0.926. The van der Waals surface area contributed by atoms with E-state index in [0.717, 1.165) is 0 Å². The molecule has 1 aliphatic rings. The standard InChI is InChI=1S/C16H11Cl2NO3/c17-12-5-2-6-13(18)11(12)8-19-7-9-3-1-4-10(16(21)22)14(9)15(19)20/h1-6H,7-8H2,(H,21,22). The summed E-state index contributed by atoms with van der Waals surface area (Å²) in [5, 5.41) is 10.2. The van der Waals surface area contributed by atoms with Gasteiger partial charge in [0.25, 0.3) is 5.91 Å². The molecule has 0 saturated carbocycles. The minimum Gasteiger partial charge on any atom is -0.478 e. The molecule has 1 heterocycles. The van der Waals surface area contributed by atoms with Crippen LogP contribution in [0.3, 0.4) is 0 Å². The van der Waals surface area contributed by atoms with E-state index in [1.807, 2.05) is 0 Å². The fourth-order valence-electron chi connectivity index (χ4n) is 2.60. The van der Waals surface area contributed by atoms with E-state index in [1.165, 1.54) is 6.07 Å². The molecule has 112 valence electrons. The van der Waals surface area contributed by atoms with Crippen LogP contribution in [-0.4, -0.2) is 21.9 Å². The number of hydrogen-bond donors (Lipinski definition) is 1. The number of fused-ring (bicyclic) bond motifs is 1. The molecule has 0 saturated heterocycles. The number of carbonyl (C=O) groups is 2. The van der Waals surface area contributed by atoms with Crippen LogP contribution in [0.5, 0.6) is 0 Å². The molecular formula is C16H11Cl2NO3. The van der Waals surface area contributed by atoms with E-state index in [1.54, 1.807) is 35.2 Å². The highest BCUT2D eigenvalue weighted by molar-refractivity contribution is 6.36. The minimum atomic E-state index is -1.11. The van der Waals surface area contributed by atoms with Crippen LogP contribution >= 0.6 is 23.2 Å². The average molecular weight is 336 g/mol. The Morgan fingerprint density at radius 2 is 1.77 bits per heavy atom. The maximum atomic E-state index is 12.5. The van der Waals surface area contributed by atoms with Gasteiger partial charge in [-0.2, -0.15) is 0 Å². The zero-order chi connectivity index (χ0) is 15.9. The summed E-state index contributed by atoms with van der Waals surface area (Å²) in [6.45, 7) is 0.585. The molecule has 0 atom stereocenters. The van der Waals surface area contributed by atoms with Crippen molar-refractivity contribution < 1.29 is 14.7 Å². The van der Waals surface area contributed by atoms with Crippen molar-refractivity contribution in [2.45, 2.75) is 13.1 Å². The lowest BCUT2D eigenvalue weighted by Crippen LogP contribution is -2.24. The molecule has 2 aromatic rings. The number of benzene rings is 2. The van der Waals surface area contributed by atoms with E-state index >= 15 is 0 Å². The molecule has 0 fully saturated rings. The number of nitrogens with zero attached hydrogens (tertiary/aromatic N) is 1. The van der Waals surface area contributed by atoms with Crippen molar-refractivity contribution in [3.05, 3.63) is 68.7 Å². The highest BCUT2D eigenvalue weighted by Crippen LogP contribution is 2.31. The van der Waals surface area contributed by atoms with Gasteiger partial charge in [0.2, 0.25) is 0 Å². The first-order valence-electron chi connectivity index (χ1n) is 6.56. The molecule has 6 heteroatoms. The molecule has 0 bridgehead atoms. The molecule has 0 spiro atoms. The van der Waals surface area contributed by atoms with E-state index in [9.17, 15) is 14.7 Å². The molecule has 1 aliphatic heterocycles. The molecule has 0 unspecified atom stereocenters. The molecule has 1 amide bonds. The Kier molecular flexibility index (Phi) is 3.81. The molecule has 0 aliphatic carbocycles. The van der Waals surface area contributed by atoms with Crippen LogP contribution in [0.1, 0.15) is 31.8 Å². The van der Waals surface area contributed by atoms with Gasteiger partial charge in [-0.05, 0) is 23.8 Å². The van der Waals surface area contributed by atoms with Crippen molar-refractivity contribution in [3.63, 3.8) is 0 Å². The summed E-state index contributed by atoms with van der Waals surface area (Å²) in [6, 6.07) is 9.98. The number of carboxylic acids is 1. The van der Waals surface area contributed by atoms with E-state index < -0.39 is 5.97 Å². The van der Waals surface area contributed by atoms with Crippen LogP contribution in [0.25, 0.3) is 0 Å². The predicted octanol–water partition coefficient (Wildman–Crippen LogP) is 3.85. The number of aromatic carboxylic acids is 1. The van der Waals surface area contributed by atoms with Gasteiger partial charge >= 0.3 is 5.97 Å². The smallest absolute Gasteiger partial charge is 0.336 e. The monoisotopic (exact) mass is 335 g/mol. The molecule has 4 nitrogen and oxygen atoms in total. The third kappa shape index (κ3) is 2.45. The summed E-state index contributed by atoms with van der Waals surface area (Å²) < 4.78 is 0. The lowest BCUT2D eigenvalue weighted by Gasteiger charge is -2.17. The lowest BCUT2D eigenvalue weighted by atomic mass is 10.0. The number of carbonyl (C=O) groups excluding carboxylic acids is 1. The second-order valence-corrected chi connectivity index (χ2v) is 5.82. The molecule has 2 aromatic carbocycles. The molecule has 0 radical (unpaired) electrons. The Hall–Kier alpha value is -2.04. The first-order chi connectivity index (χ1) is 10.5. The Labute approximate surface area is 136 Å². The molecular weight excluding hydrogens is 325 g/mol. The van der Waals surface area contributed by atoms with Gasteiger partial charge in [-0.25, -0.2) is 4.79 Å². The van der Waals surface area contributed by atoms with E-state index in [0.29, 0.717) is 27.7 Å². The summed E-state index contributed by atoms with van der Waals surface area (Å²) >= 11 is 12.3. The number of rotatable bonds is 3. The Balaban J connectivity index is 1.95. The van der Waals surface area contributed by atoms with Crippen molar-refractivity contribution >= 4 is 35.1 Å². The molecule has 22 heavy (non-hydrogen) atoms. The van der Waals surface area contributed by atoms with Gasteiger partial charge in [-0.1, -0.05) is 41.4 Å². The Morgan fingerprint density at radius 1 is 1.14 bits per heavy atom. The van der Waals surface area contributed by atoms with Gasteiger partial charge in [-0.15, -0.1) is 0 Å². The van der Waals surface area contributed by atoms with Crippen LogP contribution in [0, 0.1) is 0 Å². The van der Waals surface area contributed by atoms with E-state index in [2.05, 4.69) is 0 Å². The van der Waals surface area contributed by atoms with Crippen LogP contribution in [-0.2, 0) is 13.1 Å². The maximum Gasteiger partial charge on any atom is 0.336 e. The summed E-state index contributed by atoms with van der Waals surface area (Å²) in [5.74, 6) is -1.42. The van der Waals surface area contributed by atoms with Crippen molar-refractivity contribution in [2.24, 2.45) is 0 Å². The van der Waals surface area contributed by atoms with Gasteiger partial charge in [0, 0.05) is 28.7 Å². The second-order valence-electron chi connectivity index (χ2n) is 5.01. The molecule has 3 rings (SSSR count). The number of halogens is 2. The zero-order valence-electron chi connectivity index (χ0n) is 11.3. The summed E-state index contributed by atoms with van der Waals surface area (Å²) in [7, 11) is 0. The van der Waals surface area contributed by atoms with Crippen LogP contribution in [0.15, 0.2) is 36.4 Å². The fourth-order valence-corrected chi connectivity index (χ4v) is 3.12. The van der Waals surface area contributed by atoms with Crippen LogP contribution in [0.2, 0.25) is 10.0 Å². The average Bonchev–Trinajstić information content (AvgIpc) is 2.79. The second kappa shape index (κ2) is 5.63. The lowest BCUT2D eigenvalue weighted by molar-refractivity contribution is 0.0681. The number of hydrogen-bond acceptors (Lipinski definition) is 2. The van der Waals surface area contributed by atoms with Crippen molar-refractivity contribution in [1.29, 1.82) is 0 Å². The third-order valence-electron chi connectivity index (χ3n) is 3.65. The third-order valence-corrected chi connectivity index (χ3v) is 4.36. The number of carboxylic acid groups (broad SMARTS) is 1. The van der Waals surface area contributed by atoms with Gasteiger partial charge in [0.1, 0.15) is 0 Å². The predicted molar refractivity (Wildman–Crippen MR) is 83.4 cm³/mol. The zero-order valence-corrected chi connectivity index (χ0v) is 12.9. The van der Waals surface area contributed by atoms with Crippen LogP contribution in [0.4, 0.5) is 0 Å². The molecule has 0 aromatic heterocycles. The summed E-state index contributed by atoms with van der Waals surface area (Å²) in [4.78, 5) is 25.3. The van der Waals surface area contributed by atoms with E-state index in [-0.39, 0.29) is 23.6 Å². The van der Waals surface area contributed by atoms with Gasteiger partial charge < -0.3 is 10.0 Å². The normalized spacial score (nSPS) is 13.4. The van der Waals surface area contributed by atoms with Crippen LogP contribution < -0.4 is 0 Å². The first kappa shape index (κ1) is 14.9. The van der Waals surface area contributed by atoms with Crippen molar-refractivity contribution in [1.82, 2.24) is 4.90 Å². The maximum absolute atomic E-state index is 12.5. The van der Waals surface area contributed by atoms with Crippen molar-refractivity contribution in [3.8, 4) is 0 Å². The highest BCUT2D eigenvalue weighted by Gasteiger charge is 2.32. The van der Waals surface area contributed by atoms with Crippen molar-refractivity contribution in [2.75, 3.05) is 0 Å². The molecule has 1 N–H and O–H groups in total. The van der Waals surface area contributed by atoms with E-state index in [4.69, 9.17) is 23.2 Å². The minimum absolute atomic E-state index is 0.0234. The van der Waals surface area contributed by atoms with Gasteiger partial charge in [0.05, 0.1) is 11.1 Å². The topological polar surface area (TPSA) is 57.6 Å². The summed E-state index contributed by atoms with van der Waals surface area (Å²) in [6.07, 6.45) is 0.